The van der Waals surface area contributed by atoms with Crippen molar-refractivity contribution in [1.82, 2.24) is 4.90 Å². The van der Waals surface area contributed by atoms with E-state index < -0.39 is 5.60 Å². The topological polar surface area (TPSA) is 41.9 Å². The van der Waals surface area contributed by atoms with Gasteiger partial charge in [0.1, 0.15) is 11.5 Å². The monoisotopic (exact) mass is 379 g/mol. The molecule has 0 spiro atoms. The van der Waals surface area contributed by atoms with Crippen LogP contribution in [0, 0.1) is 0 Å². The van der Waals surface area contributed by atoms with Crippen LogP contribution in [0.1, 0.15) is 36.8 Å². The van der Waals surface area contributed by atoms with E-state index in [1.54, 1.807) is 14.2 Å². The average molecular weight is 380 g/mol. The molecule has 4 heteroatoms. The number of hydrogen-bond donors (Lipinski definition) is 1. The molecule has 0 saturated carbocycles. The summed E-state index contributed by atoms with van der Waals surface area (Å²) in [5, 5.41) is 11.4. The fraction of sp³-hybridized carbons (Fsp3) is 0.417. The summed E-state index contributed by atoms with van der Waals surface area (Å²) < 4.78 is 10.7. The number of aliphatic hydroxyl groups is 1. The molecule has 0 amide bonds. The highest BCUT2D eigenvalue weighted by molar-refractivity contribution is 5.57. The summed E-state index contributed by atoms with van der Waals surface area (Å²) in [6.45, 7) is 0.909. The second-order valence-corrected chi connectivity index (χ2v) is 7.89. The molecule has 2 fully saturated rings. The maximum atomic E-state index is 11.4. The first-order valence-corrected chi connectivity index (χ1v) is 10.1. The first kappa shape index (κ1) is 19.0. The van der Waals surface area contributed by atoms with E-state index in [1.165, 1.54) is 0 Å². The Morgan fingerprint density at radius 3 is 2.32 bits per heavy atom. The molecule has 2 aliphatic rings. The third-order valence-electron chi connectivity index (χ3n) is 6.30. The molecule has 2 bridgehead atoms. The molecule has 28 heavy (non-hydrogen) atoms. The number of benzene rings is 2. The summed E-state index contributed by atoms with van der Waals surface area (Å²) in [6, 6.07) is 16.8. The largest absolute Gasteiger partial charge is 0.497 e. The van der Waals surface area contributed by atoms with Crippen LogP contribution in [0.3, 0.4) is 0 Å². The Balaban J connectivity index is 1.44. The molecule has 2 aromatic carbocycles. The standard InChI is InChI=1S/C24H29NO3/c1-27-22-13-9-19(10-14-22)24(26)16-20-11-12-21(17-24)25(20)15-5-7-18-6-3-4-8-23(18)28-2/h3-10,13-14,20-21,26H,11-12,15-17H2,1-2H3/b7-5+/t20-,21-/m1/s1. The zero-order chi connectivity index (χ0) is 19.6. The van der Waals surface area contributed by atoms with Crippen molar-refractivity contribution < 1.29 is 14.6 Å². The second-order valence-electron chi connectivity index (χ2n) is 7.89. The van der Waals surface area contributed by atoms with E-state index in [2.05, 4.69) is 23.1 Å². The van der Waals surface area contributed by atoms with E-state index in [0.717, 1.165) is 54.9 Å². The summed E-state index contributed by atoms with van der Waals surface area (Å²) in [6.07, 6.45) is 8.26. The third-order valence-corrected chi connectivity index (χ3v) is 6.30. The van der Waals surface area contributed by atoms with E-state index in [4.69, 9.17) is 9.47 Å². The smallest absolute Gasteiger partial charge is 0.126 e. The summed E-state index contributed by atoms with van der Waals surface area (Å²) >= 11 is 0. The average Bonchev–Trinajstić information content (AvgIpc) is 2.98. The lowest BCUT2D eigenvalue weighted by Crippen LogP contribution is -2.49. The van der Waals surface area contributed by atoms with Crippen LogP contribution in [-0.4, -0.2) is 42.9 Å². The van der Waals surface area contributed by atoms with Crippen molar-refractivity contribution >= 4 is 6.08 Å². The van der Waals surface area contributed by atoms with Crippen LogP contribution >= 0.6 is 0 Å². The van der Waals surface area contributed by atoms with Crippen molar-refractivity contribution in [1.29, 1.82) is 0 Å². The van der Waals surface area contributed by atoms with Gasteiger partial charge in [0.15, 0.2) is 0 Å². The third kappa shape index (κ3) is 3.67. The van der Waals surface area contributed by atoms with Gasteiger partial charge in [-0.2, -0.15) is 0 Å². The highest BCUT2D eigenvalue weighted by atomic mass is 16.5. The van der Waals surface area contributed by atoms with Gasteiger partial charge in [-0.1, -0.05) is 42.5 Å². The Kier molecular flexibility index (Phi) is 5.42. The van der Waals surface area contributed by atoms with Gasteiger partial charge in [0.2, 0.25) is 0 Å². The number of methoxy groups -OCH3 is 2. The van der Waals surface area contributed by atoms with Gasteiger partial charge in [0, 0.05) is 24.2 Å². The Morgan fingerprint density at radius 2 is 1.68 bits per heavy atom. The van der Waals surface area contributed by atoms with Gasteiger partial charge < -0.3 is 14.6 Å². The minimum atomic E-state index is -0.735. The molecule has 0 radical (unpaired) electrons. The highest BCUT2D eigenvalue weighted by Gasteiger charge is 2.47. The predicted octanol–water partition coefficient (Wildman–Crippen LogP) is 4.23. The number of piperidine rings is 1. The molecule has 2 saturated heterocycles. The van der Waals surface area contributed by atoms with Gasteiger partial charge in [0.05, 0.1) is 19.8 Å². The normalized spacial score (nSPS) is 27.2. The van der Waals surface area contributed by atoms with Gasteiger partial charge >= 0.3 is 0 Å². The molecule has 2 aromatic rings. The van der Waals surface area contributed by atoms with Gasteiger partial charge in [-0.05, 0) is 49.4 Å². The predicted molar refractivity (Wildman–Crippen MR) is 112 cm³/mol. The molecule has 148 valence electrons. The molecule has 0 aromatic heterocycles. The van der Waals surface area contributed by atoms with E-state index in [-0.39, 0.29) is 0 Å². The number of para-hydroxylation sites is 1. The Labute approximate surface area is 167 Å². The SMILES string of the molecule is COc1ccc(C2(O)C[C@H]3CC[C@H](C2)N3C/C=C/c2ccccc2OC)cc1. The molecule has 4 rings (SSSR count). The molecule has 0 unspecified atom stereocenters. The van der Waals surface area contributed by atoms with E-state index in [9.17, 15) is 5.11 Å². The summed E-state index contributed by atoms with van der Waals surface area (Å²) in [7, 11) is 3.37. The van der Waals surface area contributed by atoms with Gasteiger partial charge in [0.25, 0.3) is 0 Å². The van der Waals surface area contributed by atoms with Crippen molar-refractivity contribution in [3.63, 3.8) is 0 Å². The number of rotatable bonds is 6. The van der Waals surface area contributed by atoms with Crippen LogP contribution < -0.4 is 9.47 Å². The lowest BCUT2D eigenvalue weighted by molar-refractivity contribution is -0.0535. The number of hydrogen-bond acceptors (Lipinski definition) is 4. The lowest BCUT2D eigenvalue weighted by Gasteiger charge is -2.43. The zero-order valence-electron chi connectivity index (χ0n) is 16.7. The molecular weight excluding hydrogens is 350 g/mol. The van der Waals surface area contributed by atoms with Crippen LogP contribution in [0.15, 0.2) is 54.6 Å². The lowest BCUT2D eigenvalue weighted by atomic mass is 9.80. The molecule has 2 atom stereocenters. The zero-order valence-corrected chi connectivity index (χ0v) is 16.7. The maximum absolute atomic E-state index is 11.4. The van der Waals surface area contributed by atoms with Crippen molar-refractivity contribution in [3.05, 3.63) is 65.7 Å². The summed E-state index contributed by atoms with van der Waals surface area (Å²) in [5.74, 6) is 1.73. The van der Waals surface area contributed by atoms with Gasteiger partial charge in [-0.15, -0.1) is 0 Å². The van der Waals surface area contributed by atoms with E-state index >= 15 is 0 Å². The number of ether oxygens (including phenoxy) is 2. The van der Waals surface area contributed by atoms with E-state index in [1.807, 2.05) is 42.5 Å². The molecule has 0 aliphatic carbocycles. The van der Waals surface area contributed by atoms with Crippen LogP contribution in [0.2, 0.25) is 0 Å². The Bertz CT molecular complexity index is 816. The Morgan fingerprint density at radius 1 is 1.00 bits per heavy atom. The van der Waals surface area contributed by atoms with Crippen molar-refractivity contribution in [2.75, 3.05) is 20.8 Å². The van der Waals surface area contributed by atoms with E-state index in [0.29, 0.717) is 12.1 Å². The number of nitrogens with zero attached hydrogens (tertiary/aromatic N) is 1. The molecule has 2 heterocycles. The minimum Gasteiger partial charge on any atom is -0.497 e. The second kappa shape index (κ2) is 7.98. The van der Waals surface area contributed by atoms with Gasteiger partial charge in [-0.3, -0.25) is 4.90 Å². The quantitative estimate of drug-likeness (QED) is 0.816. The highest BCUT2D eigenvalue weighted by Crippen LogP contribution is 2.45. The van der Waals surface area contributed by atoms with Crippen LogP contribution in [-0.2, 0) is 5.60 Å². The van der Waals surface area contributed by atoms with Crippen molar-refractivity contribution in [3.8, 4) is 11.5 Å². The molecule has 4 nitrogen and oxygen atoms in total. The Hall–Kier alpha value is -2.30. The van der Waals surface area contributed by atoms with Gasteiger partial charge in [-0.25, -0.2) is 0 Å². The fourth-order valence-electron chi connectivity index (χ4n) is 4.86. The van der Waals surface area contributed by atoms with Crippen LogP contribution in [0.5, 0.6) is 11.5 Å². The van der Waals surface area contributed by atoms with Crippen molar-refractivity contribution in [2.24, 2.45) is 0 Å². The first-order chi connectivity index (χ1) is 13.6. The van der Waals surface area contributed by atoms with Crippen LogP contribution in [0.4, 0.5) is 0 Å². The maximum Gasteiger partial charge on any atom is 0.126 e. The minimum absolute atomic E-state index is 0.424. The van der Waals surface area contributed by atoms with Crippen LogP contribution in [0.25, 0.3) is 6.08 Å². The first-order valence-electron chi connectivity index (χ1n) is 10.1. The van der Waals surface area contributed by atoms with Crippen molar-refractivity contribution in [2.45, 2.75) is 43.4 Å². The fourth-order valence-corrected chi connectivity index (χ4v) is 4.86. The molecule has 2 aliphatic heterocycles. The summed E-state index contributed by atoms with van der Waals surface area (Å²) in [4.78, 5) is 2.56. The number of fused-ring (bicyclic) bond motifs is 2. The summed E-state index contributed by atoms with van der Waals surface area (Å²) in [5.41, 5.74) is 1.37. The molecule has 1 N–H and O–H groups in total. The molecular formula is C24H29NO3.